The first kappa shape index (κ1) is 16.7. The highest BCUT2D eigenvalue weighted by atomic mass is 15.2. The highest BCUT2D eigenvalue weighted by molar-refractivity contribution is 6.09. The van der Waals surface area contributed by atoms with E-state index in [0.29, 0.717) is 0 Å². The smallest absolute Gasteiger partial charge is 0.216 e. The third-order valence-corrected chi connectivity index (χ3v) is 6.55. The Labute approximate surface area is 178 Å². The Kier molecular flexibility index (Phi) is 3.23. The van der Waals surface area contributed by atoms with Gasteiger partial charge in [-0.1, -0.05) is 54.6 Å². The molecule has 0 fully saturated rings. The minimum Gasteiger partial charge on any atom is -0.344 e. The zero-order valence-electron chi connectivity index (χ0n) is 17.2. The van der Waals surface area contributed by atoms with Crippen molar-refractivity contribution >= 4 is 49.7 Å². The standard InChI is InChI=1S/C27H20N4/c1-29-21-12-4-2-10-19(21)26-18(9-8-16-25(26)29)17-30-23-14-6-7-15-24(23)31-22-13-5-3-11-20(22)28-27(30)31/h2-16H,17H2,1H3. The van der Waals surface area contributed by atoms with Crippen molar-refractivity contribution in [1.29, 1.82) is 0 Å². The van der Waals surface area contributed by atoms with E-state index in [1.54, 1.807) is 0 Å². The average molecular weight is 400 g/mol. The number of imidazole rings is 2. The molecule has 0 bridgehead atoms. The quantitative estimate of drug-likeness (QED) is 0.343. The molecule has 4 aromatic carbocycles. The van der Waals surface area contributed by atoms with Crippen LogP contribution in [0.3, 0.4) is 0 Å². The van der Waals surface area contributed by atoms with Gasteiger partial charge in [0.05, 0.1) is 28.6 Å². The van der Waals surface area contributed by atoms with Gasteiger partial charge in [0.15, 0.2) is 0 Å². The van der Waals surface area contributed by atoms with Gasteiger partial charge in [-0.3, -0.25) is 4.40 Å². The maximum atomic E-state index is 5.02. The normalized spacial score (nSPS) is 12.2. The van der Waals surface area contributed by atoms with Crippen LogP contribution in [0.5, 0.6) is 0 Å². The monoisotopic (exact) mass is 400 g/mol. The summed E-state index contributed by atoms with van der Waals surface area (Å²) in [5.74, 6) is 0.986. The largest absolute Gasteiger partial charge is 0.344 e. The van der Waals surface area contributed by atoms with E-state index in [0.717, 1.165) is 23.4 Å². The fourth-order valence-corrected chi connectivity index (χ4v) is 5.16. The maximum Gasteiger partial charge on any atom is 0.216 e. The van der Waals surface area contributed by atoms with Crippen molar-refractivity contribution in [3.05, 3.63) is 96.6 Å². The summed E-state index contributed by atoms with van der Waals surface area (Å²) in [5, 5.41) is 2.63. The van der Waals surface area contributed by atoms with Crippen LogP contribution in [0, 0.1) is 0 Å². The molecule has 0 saturated carbocycles. The topological polar surface area (TPSA) is 27.2 Å². The molecule has 4 nitrogen and oxygen atoms in total. The molecular formula is C27H20N4. The van der Waals surface area contributed by atoms with Gasteiger partial charge in [0, 0.05) is 28.9 Å². The fourth-order valence-electron chi connectivity index (χ4n) is 5.16. The molecule has 7 rings (SSSR count). The van der Waals surface area contributed by atoms with Crippen molar-refractivity contribution in [3.63, 3.8) is 0 Å². The molecule has 3 aromatic heterocycles. The predicted molar refractivity (Wildman–Crippen MR) is 128 cm³/mol. The minimum absolute atomic E-state index is 0.770. The van der Waals surface area contributed by atoms with Crippen LogP contribution >= 0.6 is 0 Å². The summed E-state index contributed by atoms with van der Waals surface area (Å²) in [6, 6.07) is 32.3. The average Bonchev–Trinajstić information content (AvgIpc) is 3.44. The zero-order valence-corrected chi connectivity index (χ0v) is 17.2. The van der Waals surface area contributed by atoms with Gasteiger partial charge < -0.3 is 9.13 Å². The molecule has 0 aliphatic rings. The third-order valence-electron chi connectivity index (χ3n) is 6.55. The summed E-state index contributed by atoms with van der Waals surface area (Å²) in [4.78, 5) is 5.02. The Hall–Kier alpha value is -4.05. The Morgan fingerprint density at radius 3 is 2.19 bits per heavy atom. The van der Waals surface area contributed by atoms with Crippen LogP contribution in [0.4, 0.5) is 0 Å². The van der Waals surface area contributed by atoms with Crippen LogP contribution in [0.25, 0.3) is 49.7 Å². The van der Waals surface area contributed by atoms with E-state index in [2.05, 4.69) is 112 Å². The van der Waals surface area contributed by atoms with Crippen molar-refractivity contribution < 1.29 is 0 Å². The summed E-state index contributed by atoms with van der Waals surface area (Å²) in [7, 11) is 2.15. The summed E-state index contributed by atoms with van der Waals surface area (Å²) < 4.78 is 6.93. The van der Waals surface area contributed by atoms with E-state index >= 15 is 0 Å². The Morgan fingerprint density at radius 2 is 1.32 bits per heavy atom. The van der Waals surface area contributed by atoms with Gasteiger partial charge >= 0.3 is 0 Å². The highest BCUT2D eigenvalue weighted by Gasteiger charge is 2.17. The van der Waals surface area contributed by atoms with E-state index in [4.69, 9.17) is 4.98 Å². The van der Waals surface area contributed by atoms with Gasteiger partial charge in [-0.15, -0.1) is 0 Å². The molecule has 0 unspecified atom stereocenters. The molecule has 0 spiro atoms. The van der Waals surface area contributed by atoms with Gasteiger partial charge in [-0.25, -0.2) is 4.98 Å². The lowest BCUT2D eigenvalue weighted by Gasteiger charge is -2.08. The summed E-state index contributed by atoms with van der Waals surface area (Å²) in [6.07, 6.45) is 0. The second-order valence-electron chi connectivity index (χ2n) is 8.20. The molecule has 0 radical (unpaired) electrons. The molecule has 31 heavy (non-hydrogen) atoms. The first-order valence-electron chi connectivity index (χ1n) is 10.6. The number of hydrogen-bond acceptors (Lipinski definition) is 1. The summed E-state index contributed by atoms with van der Waals surface area (Å²) >= 11 is 0. The van der Waals surface area contributed by atoms with Crippen molar-refractivity contribution in [2.45, 2.75) is 6.54 Å². The van der Waals surface area contributed by atoms with Crippen molar-refractivity contribution in [2.24, 2.45) is 7.05 Å². The number of hydrogen-bond donors (Lipinski definition) is 0. The van der Waals surface area contributed by atoms with Crippen LogP contribution in [0.15, 0.2) is 91.0 Å². The second-order valence-corrected chi connectivity index (χ2v) is 8.20. The van der Waals surface area contributed by atoms with Gasteiger partial charge in [-0.05, 0) is 42.0 Å². The molecular weight excluding hydrogens is 380 g/mol. The third kappa shape index (κ3) is 2.16. The van der Waals surface area contributed by atoms with Gasteiger partial charge in [-0.2, -0.15) is 0 Å². The van der Waals surface area contributed by atoms with Crippen LogP contribution in [-0.4, -0.2) is 18.5 Å². The van der Waals surface area contributed by atoms with Crippen molar-refractivity contribution in [1.82, 2.24) is 18.5 Å². The lowest BCUT2D eigenvalue weighted by molar-refractivity contribution is 0.853. The second kappa shape index (κ2) is 5.99. The van der Waals surface area contributed by atoms with Gasteiger partial charge in [0.25, 0.3) is 0 Å². The first-order valence-corrected chi connectivity index (χ1v) is 10.6. The lowest BCUT2D eigenvalue weighted by Crippen LogP contribution is -2.01. The minimum atomic E-state index is 0.770. The number of nitrogens with zero attached hydrogens (tertiary/aromatic N) is 4. The van der Waals surface area contributed by atoms with Crippen molar-refractivity contribution in [2.75, 3.05) is 0 Å². The molecule has 0 aliphatic carbocycles. The predicted octanol–water partition coefficient (Wildman–Crippen LogP) is 6.14. The van der Waals surface area contributed by atoms with E-state index in [9.17, 15) is 0 Å². The molecule has 4 heteroatoms. The molecule has 0 atom stereocenters. The number of para-hydroxylation sites is 5. The van der Waals surface area contributed by atoms with Gasteiger partial charge in [0.1, 0.15) is 0 Å². The molecule has 3 heterocycles. The molecule has 148 valence electrons. The maximum absolute atomic E-state index is 5.02. The van der Waals surface area contributed by atoms with E-state index < -0.39 is 0 Å². The summed E-state index contributed by atoms with van der Waals surface area (Å²) in [6.45, 7) is 0.770. The van der Waals surface area contributed by atoms with Crippen LogP contribution < -0.4 is 0 Å². The number of aryl methyl sites for hydroxylation is 1. The molecule has 7 aromatic rings. The Bertz CT molecular complexity index is 1780. The fraction of sp³-hybridized carbons (Fsp3) is 0.0741. The van der Waals surface area contributed by atoms with Crippen LogP contribution in [0.2, 0.25) is 0 Å². The SMILES string of the molecule is Cn1c2ccccc2c2c(Cn3c4ccccc4n4c5ccccc5nc34)cccc21. The lowest BCUT2D eigenvalue weighted by atomic mass is 10.1. The van der Waals surface area contributed by atoms with E-state index in [1.165, 1.54) is 38.4 Å². The van der Waals surface area contributed by atoms with E-state index in [1.807, 2.05) is 0 Å². The van der Waals surface area contributed by atoms with Crippen LogP contribution in [0.1, 0.15) is 5.56 Å². The molecule has 0 aliphatic heterocycles. The Morgan fingerprint density at radius 1 is 0.645 bits per heavy atom. The Balaban J connectivity index is 1.57. The van der Waals surface area contributed by atoms with E-state index in [-0.39, 0.29) is 0 Å². The number of fused-ring (bicyclic) bond motifs is 8. The molecule has 0 amide bonds. The first-order chi connectivity index (χ1) is 15.3. The number of aromatic nitrogens is 4. The molecule has 0 N–H and O–H groups in total. The number of benzene rings is 4. The van der Waals surface area contributed by atoms with Gasteiger partial charge in [0.2, 0.25) is 5.78 Å². The molecule has 0 saturated heterocycles. The summed E-state index contributed by atoms with van der Waals surface area (Å²) in [5.41, 5.74) is 8.41. The number of rotatable bonds is 2. The highest BCUT2D eigenvalue weighted by Crippen LogP contribution is 2.33. The van der Waals surface area contributed by atoms with Crippen molar-refractivity contribution in [3.8, 4) is 0 Å². The zero-order chi connectivity index (χ0) is 20.5. The van der Waals surface area contributed by atoms with Crippen LogP contribution in [-0.2, 0) is 13.6 Å².